The second kappa shape index (κ2) is 11.5. The first kappa shape index (κ1) is 26.4. The molecule has 0 saturated carbocycles. The summed E-state index contributed by atoms with van der Waals surface area (Å²) < 4.78 is 27.3. The molecule has 1 saturated heterocycles. The van der Waals surface area contributed by atoms with Gasteiger partial charge in [-0.15, -0.1) is 0 Å². The van der Waals surface area contributed by atoms with Crippen molar-refractivity contribution in [3.8, 4) is 6.07 Å². The Kier molecular flexibility index (Phi) is 8.95. The van der Waals surface area contributed by atoms with E-state index in [-0.39, 0.29) is 48.8 Å². The summed E-state index contributed by atoms with van der Waals surface area (Å²) in [7, 11) is -0.117. The molecule has 0 bridgehead atoms. The summed E-state index contributed by atoms with van der Waals surface area (Å²) in [6, 6.07) is 2.23. The molecular formula is C20H32N7O6P. The molecule has 0 amide bonds. The van der Waals surface area contributed by atoms with Gasteiger partial charge in [-0.3, -0.25) is 14.3 Å². The molecule has 2 aromatic rings. The highest BCUT2D eigenvalue weighted by Crippen LogP contribution is 2.50. The number of ether oxygens (including phenoxy) is 2. The van der Waals surface area contributed by atoms with Gasteiger partial charge < -0.3 is 29.4 Å². The topological polar surface area (TPSA) is 174 Å². The van der Waals surface area contributed by atoms with Gasteiger partial charge in [-0.2, -0.15) is 10.2 Å². The van der Waals surface area contributed by atoms with E-state index in [1.807, 2.05) is 27.7 Å². The van der Waals surface area contributed by atoms with E-state index in [1.54, 1.807) is 0 Å². The Morgan fingerprint density at radius 2 is 2.12 bits per heavy atom. The number of hydrogen-bond donors (Lipinski definition) is 3. The minimum Gasteiger partial charge on any atom is -0.386 e. The van der Waals surface area contributed by atoms with Crippen molar-refractivity contribution in [3.63, 3.8) is 0 Å². The number of aliphatic hydroxyl groups excluding tert-OH is 1. The van der Waals surface area contributed by atoms with Crippen LogP contribution >= 0.6 is 8.53 Å². The number of H-pyrrole nitrogens is 1. The van der Waals surface area contributed by atoms with Crippen LogP contribution < -0.4 is 11.3 Å². The Bertz CT molecular complexity index is 1050. The normalized spacial score (nSPS) is 23.9. The fourth-order valence-electron chi connectivity index (χ4n) is 3.91. The summed E-state index contributed by atoms with van der Waals surface area (Å²) in [6.45, 7) is 8.43. The fraction of sp³-hybridized carbons (Fsp3) is 0.700. The van der Waals surface area contributed by atoms with Crippen molar-refractivity contribution in [2.75, 3.05) is 26.1 Å². The number of nitrogens with two attached hydrogens (primary N) is 1. The molecule has 4 N–H and O–H groups in total. The molecule has 0 aromatic carbocycles. The number of imidazole rings is 1. The van der Waals surface area contributed by atoms with Gasteiger partial charge >= 0.3 is 0 Å². The lowest BCUT2D eigenvalue weighted by molar-refractivity contribution is -0.0573. The van der Waals surface area contributed by atoms with E-state index < -0.39 is 38.6 Å². The van der Waals surface area contributed by atoms with Gasteiger partial charge in [0.15, 0.2) is 17.4 Å². The number of aromatic amines is 1. The van der Waals surface area contributed by atoms with Crippen molar-refractivity contribution in [2.45, 2.75) is 70.7 Å². The van der Waals surface area contributed by atoms with Crippen LogP contribution in [0.2, 0.25) is 0 Å². The van der Waals surface area contributed by atoms with Crippen molar-refractivity contribution in [1.29, 1.82) is 5.26 Å². The Morgan fingerprint density at radius 1 is 1.41 bits per heavy atom. The Hall–Kier alpha value is -2.17. The highest BCUT2D eigenvalue weighted by molar-refractivity contribution is 7.44. The molecule has 0 spiro atoms. The SMILES string of the molecule is COC[C@H]1O[C@@H](n2cnc3c(=O)[nH]c(N)nc32)[C@H](O)[C@@H]1OP(OCCC#N)N(C(C)C)C(C)C. The number of rotatable bonds is 11. The minimum absolute atomic E-state index is 0.0746. The molecule has 5 atom stereocenters. The molecular weight excluding hydrogens is 465 g/mol. The number of fused-ring (bicyclic) bond motifs is 1. The quantitative estimate of drug-likeness (QED) is 0.301. The molecule has 13 nitrogen and oxygen atoms in total. The Labute approximate surface area is 198 Å². The van der Waals surface area contributed by atoms with Crippen LogP contribution in [-0.4, -0.2) is 80.0 Å². The predicted octanol–water partition coefficient (Wildman–Crippen LogP) is 1.27. The summed E-state index contributed by atoms with van der Waals surface area (Å²) in [5, 5.41) is 20.2. The van der Waals surface area contributed by atoms with Crippen molar-refractivity contribution in [3.05, 3.63) is 16.7 Å². The summed E-state index contributed by atoms with van der Waals surface area (Å²) in [6.07, 6.45) is -2.00. The number of aromatic nitrogens is 4. The number of nitrogen functional groups attached to an aromatic ring is 1. The van der Waals surface area contributed by atoms with Crippen LogP contribution in [-0.2, 0) is 18.5 Å². The van der Waals surface area contributed by atoms with Gasteiger partial charge in [0.1, 0.15) is 18.3 Å². The lowest BCUT2D eigenvalue weighted by Gasteiger charge is -2.37. The average Bonchev–Trinajstić information content (AvgIpc) is 3.30. The van der Waals surface area contributed by atoms with E-state index in [0.29, 0.717) is 0 Å². The third-order valence-corrected chi connectivity index (χ3v) is 7.37. The van der Waals surface area contributed by atoms with Crippen LogP contribution in [0.15, 0.2) is 11.1 Å². The first-order valence-electron chi connectivity index (χ1n) is 11.0. The summed E-state index contributed by atoms with van der Waals surface area (Å²) >= 11 is 0. The van der Waals surface area contributed by atoms with E-state index >= 15 is 0 Å². The number of nitriles is 1. The van der Waals surface area contributed by atoms with Gasteiger partial charge in [0, 0.05) is 19.2 Å². The van der Waals surface area contributed by atoms with E-state index in [9.17, 15) is 9.90 Å². The summed E-state index contributed by atoms with van der Waals surface area (Å²) in [5.74, 6) is -0.0769. The van der Waals surface area contributed by atoms with Crippen LogP contribution in [0.5, 0.6) is 0 Å². The molecule has 1 fully saturated rings. The van der Waals surface area contributed by atoms with Gasteiger partial charge in [0.2, 0.25) is 5.95 Å². The van der Waals surface area contributed by atoms with Gasteiger partial charge in [-0.25, -0.2) is 9.65 Å². The summed E-state index contributed by atoms with van der Waals surface area (Å²) in [4.78, 5) is 22.8. The number of methoxy groups -OCH3 is 1. The molecule has 0 aliphatic carbocycles. The molecule has 188 valence electrons. The van der Waals surface area contributed by atoms with Crippen molar-refractivity contribution >= 4 is 25.6 Å². The maximum absolute atomic E-state index is 12.2. The molecule has 14 heteroatoms. The van der Waals surface area contributed by atoms with E-state index in [2.05, 4.69) is 25.7 Å². The van der Waals surface area contributed by atoms with Crippen LogP contribution in [0.4, 0.5) is 5.95 Å². The zero-order chi connectivity index (χ0) is 25.0. The van der Waals surface area contributed by atoms with Crippen LogP contribution in [0.3, 0.4) is 0 Å². The van der Waals surface area contributed by atoms with Gasteiger partial charge in [-0.05, 0) is 27.7 Å². The van der Waals surface area contributed by atoms with E-state index in [4.69, 9.17) is 29.5 Å². The van der Waals surface area contributed by atoms with E-state index in [0.717, 1.165) is 0 Å². The zero-order valence-corrected chi connectivity index (χ0v) is 20.8. The standard InChI is InChI=1S/C20H32N7O6P/c1-11(2)27(12(3)4)34(31-8-6-7-21)33-16-13(9-30-5)32-19(15(16)28)26-10-23-14-17(26)24-20(22)25-18(14)29/h10-13,15-16,19,28H,6,8-9H2,1-5H3,(H3,22,24,25,29)/t13-,15-,16-,19-,34?/m1/s1. The van der Waals surface area contributed by atoms with Crippen LogP contribution in [0, 0.1) is 11.3 Å². The Morgan fingerprint density at radius 3 is 2.74 bits per heavy atom. The highest BCUT2D eigenvalue weighted by atomic mass is 31.2. The molecule has 0 radical (unpaired) electrons. The van der Waals surface area contributed by atoms with E-state index in [1.165, 1.54) is 18.0 Å². The highest BCUT2D eigenvalue weighted by Gasteiger charge is 2.48. The van der Waals surface area contributed by atoms with Crippen LogP contribution in [0.25, 0.3) is 11.2 Å². The second-order valence-electron chi connectivity index (χ2n) is 8.40. The van der Waals surface area contributed by atoms with Gasteiger partial charge in [0.25, 0.3) is 14.1 Å². The molecule has 1 aliphatic rings. The third-order valence-electron chi connectivity index (χ3n) is 5.24. The maximum Gasteiger partial charge on any atom is 0.280 e. The molecule has 1 aliphatic heterocycles. The molecule has 34 heavy (non-hydrogen) atoms. The smallest absolute Gasteiger partial charge is 0.280 e. The average molecular weight is 497 g/mol. The number of nitrogens with zero attached hydrogens (tertiary/aromatic N) is 5. The monoisotopic (exact) mass is 497 g/mol. The fourth-order valence-corrected chi connectivity index (χ4v) is 5.68. The number of hydrogen-bond acceptors (Lipinski definition) is 11. The minimum atomic E-state index is -1.64. The van der Waals surface area contributed by atoms with Gasteiger partial charge in [-0.1, -0.05) is 0 Å². The summed E-state index contributed by atoms with van der Waals surface area (Å²) in [5.41, 5.74) is 5.47. The number of nitrogens with one attached hydrogen (secondary N) is 1. The number of aliphatic hydroxyl groups is 1. The third kappa shape index (κ3) is 5.55. The Balaban J connectivity index is 1.93. The van der Waals surface area contributed by atoms with Crippen molar-refractivity contribution < 1.29 is 23.6 Å². The van der Waals surface area contributed by atoms with Crippen molar-refractivity contribution in [1.82, 2.24) is 24.2 Å². The zero-order valence-electron chi connectivity index (χ0n) is 19.9. The lowest BCUT2D eigenvalue weighted by Crippen LogP contribution is -2.40. The predicted molar refractivity (Wildman–Crippen MR) is 124 cm³/mol. The molecule has 2 aromatic heterocycles. The molecule has 3 rings (SSSR count). The van der Waals surface area contributed by atoms with Crippen molar-refractivity contribution in [2.24, 2.45) is 0 Å². The number of anilines is 1. The maximum atomic E-state index is 12.2. The second-order valence-corrected chi connectivity index (χ2v) is 9.81. The first-order valence-corrected chi connectivity index (χ1v) is 12.1. The van der Waals surface area contributed by atoms with Crippen LogP contribution in [0.1, 0.15) is 40.3 Å². The molecule has 1 unspecified atom stereocenters. The first-order chi connectivity index (χ1) is 16.2. The lowest BCUT2D eigenvalue weighted by atomic mass is 10.1. The largest absolute Gasteiger partial charge is 0.386 e. The van der Waals surface area contributed by atoms with Gasteiger partial charge in [0.05, 0.1) is 32.0 Å². The molecule has 3 heterocycles.